The molecule has 0 bridgehead atoms. The number of amides is 2. The third kappa shape index (κ3) is 5.06. The molecule has 0 aliphatic carbocycles. The van der Waals surface area contributed by atoms with Crippen molar-refractivity contribution in [3.05, 3.63) is 22.4 Å². The Balaban J connectivity index is 2.28. The Bertz CT molecular complexity index is 354. The van der Waals surface area contributed by atoms with Crippen LogP contribution in [0.2, 0.25) is 0 Å². The number of urea groups is 1. The lowest BCUT2D eigenvalue weighted by atomic mass is 9.98. The normalized spacial score (nSPS) is 13.9. The molecule has 1 heterocycles. The van der Waals surface area contributed by atoms with Gasteiger partial charge < -0.3 is 15.7 Å². The van der Waals surface area contributed by atoms with Gasteiger partial charge >= 0.3 is 6.03 Å². The highest BCUT2D eigenvalue weighted by Gasteiger charge is 2.24. The van der Waals surface area contributed by atoms with Gasteiger partial charge in [0.15, 0.2) is 0 Å². The van der Waals surface area contributed by atoms with Gasteiger partial charge in [0.1, 0.15) is 0 Å². The summed E-state index contributed by atoms with van der Waals surface area (Å²) < 4.78 is 0. The van der Waals surface area contributed by atoms with Crippen molar-refractivity contribution in [2.24, 2.45) is 0 Å². The van der Waals surface area contributed by atoms with Gasteiger partial charge in [0, 0.05) is 11.4 Å². The van der Waals surface area contributed by atoms with E-state index in [2.05, 4.69) is 16.7 Å². The number of aliphatic hydroxyl groups excluding tert-OH is 1. The van der Waals surface area contributed by atoms with Crippen LogP contribution in [0.3, 0.4) is 0 Å². The molecule has 2 amide bonds. The highest BCUT2D eigenvalue weighted by Crippen LogP contribution is 2.11. The first-order valence-corrected chi connectivity index (χ1v) is 7.17. The minimum Gasteiger partial charge on any atom is -0.394 e. The summed E-state index contributed by atoms with van der Waals surface area (Å²) >= 11 is 1.69. The lowest BCUT2D eigenvalue weighted by Crippen LogP contribution is -2.52. The molecule has 4 nitrogen and oxygen atoms in total. The smallest absolute Gasteiger partial charge is 0.315 e. The van der Waals surface area contributed by atoms with Crippen LogP contribution in [-0.2, 0) is 6.42 Å². The Kier molecular flexibility index (Phi) is 6.15. The Morgan fingerprint density at radius 2 is 2.33 bits per heavy atom. The average molecular weight is 270 g/mol. The summed E-state index contributed by atoms with van der Waals surface area (Å²) in [5.74, 6) is 0. The molecule has 0 saturated heterocycles. The van der Waals surface area contributed by atoms with Gasteiger partial charge in [0.2, 0.25) is 0 Å². The minimum absolute atomic E-state index is 0.0425. The van der Waals surface area contributed by atoms with E-state index in [9.17, 15) is 9.90 Å². The van der Waals surface area contributed by atoms with Gasteiger partial charge in [-0.2, -0.15) is 0 Å². The molecule has 0 radical (unpaired) electrons. The third-order valence-corrected chi connectivity index (χ3v) is 3.74. The maximum Gasteiger partial charge on any atom is 0.315 e. The molecular weight excluding hydrogens is 248 g/mol. The van der Waals surface area contributed by atoms with Crippen LogP contribution >= 0.6 is 11.3 Å². The highest BCUT2D eigenvalue weighted by molar-refractivity contribution is 7.09. The number of aliphatic hydroxyl groups is 1. The molecule has 0 fully saturated rings. The molecule has 0 aliphatic heterocycles. The van der Waals surface area contributed by atoms with Crippen molar-refractivity contribution in [1.82, 2.24) is 10.6 Å². The molecular formula is C13H22N2O2S. The maximum absolute atomic E-state index is 11.7. The van der Waals surface area contributed by atoms with Crippen molar-refractivity contribution in [3.63, 3.8) is 0 Å². The zero-order valence-corrected chi connectivity index (χ0v) is 11.8. The summed E-state index contributed by atoms with van der Waals surface area (Å²) in [4.78, 5) is 12.9. The summed E-state index contributed by atoms with van der Waals surface area (Å²) in [7, 11) is 0. The van der Waals surface area contributed by atoms with E-state index >= 15 is 0 Å². The molecule has 0 aliphatic rings. The van der Waals surface area contributed by atoms with E-state index in [0.29, 0.717) is 6.54 Å². The van der Waals surface area contributed by atoms with Crippen LogP contribution in [0.4, 0.5) is 4.79 Å². The van der Waals surface area contributed by atoms with Crippen molar-refractivity contribution in [2.45, 2.75) is 38.6 Å². The number of rotatable bonds is 7. The van der Waals surface area contributed by atoms with E-state index in [1.165, 1.54) is 4.88 Å². The van der Waals surface area contributed by atoms with Crippen LogP contribution in [-0.4, -0.2) is 29.8 Å². The lowest BCUT2D eigenvalue weighted by Gasteiger charge is -2.28. The van der Waals surface area contributed by atoms with E-state index in [0.717, 1.165) is 19.3 Å². The number of hydrogen-bond donors (Lipinski definition) is 3. The zero-order valence-electron chi connectivity index (χ0n) is 11.0. The van der Waals surface area contributed by atoms with Crippen molar-refractivity contribution in [1.29, 1.82) is 0 Å². The summed E-state index contributed by atoms with van der Waals surface area (Å²) in [5.41, 5.74) is -0.526. The predicted molar refractivity (Wildman–Crippen MR) is 75.0 cm³/mol. The number of nitrogens with one attached hydrogen (secondary N) is 2. The number of carbonyl (C=O) groups excluding carboxylic acids is 1. The van der Waals surface area contributed by atoms with Crippen LogP contribution in [0.5, 0.6) is 0 Å². The molecule has 0 saturated carbocycles. The summed E-state index contributed by atoms with van der Waals surface area (Å²) in [5, 5.41) is 17.0. The van der Waals surface area contributed by atoms with Gasteiger partial charge in [-0.05, 0) is 31.2 Å². The second-order valence-electron chi connectivity index (χ2n) is 4.68. The van der Waals surface area contributed by atoms with Crippen LogP contribution < -0.4 is 10.6 Å². The molecule has 1 aromatic rings. The third-order valence-electron chi connectivity index (χ3n) is 2.80. The van der Waals surface area contributed by atoms with Crippen LogP contribution in [0.1, 0.15) is 31.6 Å². The van der Waals surface area contributed by atoms with Gasteiger partial charge in [-0.25, -0.2) is 4.79 Å². The van der Waals surface area contributed by atoms with Crippen molar-refractivity contribution < 1.29 is 9.90 Å². The second-order valence-corrected chi connectivity index (χ2v) is 5.71. The molecule has 18 heavy (non-hydrogen) atoms. The van der Waals surface area contributed by atoms with Crippen molar-refractivity contribution in [2.75, 3.05) is 13.2 Å². The summed E-state index contributed by atoms with van der Waals surface area (Å²) in [6.07, 6.45) is 2.53. The van der Waals surface area contributed by atoms with Gasteiger partial charge in [-0.15, -0.1) is 11.3 Å². The van der Waals surface area contributed by atoms with Crippen molar-refractivity contribution >= 4 is 17.4 Å². The van der Waals surface area contributed by atoms with Gasteiger partial charge in [-0.1, -0.05) is 19.4 Å². The Labute approximate surface area is 112 Å². The molecule has 3 N–H and O–H groups in total. The Hall–Kier alpha value is -1.07. The Morgan fingerprint density at radius 3 is 2.89 bits per heavy atom. The fourth-order valence-corrected chi connectivity index (χ4v) is 2.51. The largest absolute Gasteiger partial charge is 0.394 e. The number of hydrogen-bond acceptors (Lipinski definition) is 3. The number of carbonyl (C=O) groups is 1. The Morgan fingerprint density at radius 1 is 1.56 bits per heavy atom. The number of thiophene rings is 1. The SMILES string of the molecule is CCCC(C)(CO)NC(=O)NCCc1cccs1. The van der Waals surface area contributed by atoms with E-state index in [-0.39, 0.29) is 12.6 Å². The predicted octanol–water partition coefficient (Wildman–Crippen LogP) is 2.14. The fourth-order valence-electron chi connectivity index (χ4n) is 1.81. The summed E-state index contributed by atoms with van der Waals surface area (Å²) in [6, 6.07) is 3.85. The molecule has 1 aromatic heterocycles. The minimum atomic E-state index is -0.526. The topological polar surface area (TPSA) is 61.4 Å². The second kappa shape index (κ2) is 7.38. The van der Waals surface area contributed by atoms with E-state index in [1.54, 1.807) is 11.3 Å². The monoisotopic (exact) mass is 270 g/mol. The van der Waals surface area contributed by atoms with E-state index in [4.69, 9.17) is 0 Å². The van der Waals surface area contributed by atoms with Crippen LogP contribution in [0, 0.1) is 0 Å². The van der Waals surface area contributed by atoms with Crippen molar-refractivity contribution in [3.8, 4) is 0 Å². The first-order valence-electron chi connectivity index (χ1n) is 6.29. The van der Waals surface area contributed by atoms with Gasteiger partial charge in [-0.3, -0.25) is 0 Å². The maximum atomic E-state index is 11.7. The molecule has 1 atom stereocenters. The standard InChI is InChI=1S/C13H22N2O2S/c1-3-7-13(2,10-16)15-12(17)14-8-6-11-5-4-9-18-11/h4-5,9,16H,3,6-8,10H2,1-2H3,(H2,14,15,17). The zero-order chi connectivity index (χ0) is 13.4. The molecule has 1 unspecified atom stereocenters. The van der Waals surface area contributed by atoms with Crippen LogP contribution in [0.25, 0.3) is 0 Å². The first kappa shape index (κ1) is 15.0. The summed E-state index contributed by atoms with van der Waals surface area (Å²) in [6.45, 7) is 4.46. The van der Waals surface area contributed by atoms with Gasteiger partial charge in [0.25, 0.3) is 0 Å². The quantitative estimate of drug-likeness (QED) is 0.711. The van der Waals surface area contributed by atoms with E-state index in [1.807, 2.05) is 25.3 Å². The molecule has 1 rings (SSSR count). The fraction of sp³-hybridized carbons (Fsp3) is 0.615. The molecule has 0 spiro atoms. The van der Waals surface area contributed by atoms with Gasteiger partial charge in [0.05, 0.1) is 12.1 Å². The highest BCUT2D eigenvalue weighted by atomic mass is 32.1. The molecule has 102 valence electrons. The van der Waals surface area contributed by atoms with E-state index < -0.39 is 5.54 Å². The molecule has 0 aromatic carbocycles. The average Bonchev–Trinajstić information content (AvgIpc) is 2.82. The van der Waals surface area contributed by atoms with Crippen LogP contribution in [0.15, 0.2) is 17.5 Å². The lowest BCUT2D eigenvalue weighted by molar-refractivity contribution is 0.163. The first-order chi connectivity index (χ1) is 8.59. The molecule has 5 heteroatoms.